The van der Waals surface area contributed by atoms with Gasteiger partial charge in [0.05, 0.1) is 18.9 Å². The molecule has 4 rings (SSSR count). The van der Waals surface area contributed by atoms with Gasteiger partial charge in [0, 0.05) is 11.3 Å². The molecule has 1 amide bonds. The highest BCUT2D eigenvalue weighted by Crippen LogP contribution is 2.35. The van der Waals surface area contributed by atoms with E-state index in [4.69, 9.17) is 0 Å². The molecule has 2 saturated heterocycles. The maximum absolute atomic E-state index is 12.8. The number of nitrogens with zero attached hydrogens (tertiary/aromatic N) is 1. The number of rotatable bonds is 6. The van der Waals surface area contributed by atoms with Crippen molar-refractivity contribution in [3.05, 3.63) is 0 Å². The van der Waals surface area contributed by atoms with Gasteiger partial charge in [-0.25, -0.2) is 10.9 Å². The van der Waals surface area contributed by atoms with Crippen LogP contribution in [0.5, 0.6) is 0 Å². The normalized spacial score (nSPS) is 39.3. The van der Waals surface area contributed by atoms with Gasteiger partial charge in [-0.05, 0) is 64.0 Å². The second kappa shape index (κ2) is 8.97. The summed E-state index contributed by atoms with van der Waals surface area (Å²) >= 11 is 2.00. The predicted molar refractivity (Wildman–Crippen MR) is 110 cm³/mol. The Bertz CT molecular complexity index is 518. The Balaban J connectivity index is 1.24. The van der Waals surface area contributed by atoms with Gasteiger partial charge in [0.25, 0.3) is 0 Å². The first-order valence-corrected chi connectivity index (χ1v) is 11.7. The van der Waals surface area contributed by atoms with E-state index in [1.165, 1.54) is 25.7 Å². The lowest BCUT2D eigenvalue weighted by molar-refractivity contribution is -0.125. The number of carbonyl (C=O) groups excluding carboxylic acids is 1. The topological polar surface area (TPSA) is 80.5 Å². The van der Waals surface area contributed by atoms with Crippen molar-refractivity contribution < 1.29 is 4.79 Å². The van der Waals surface area contributed by atoms with Gasteiger partial charge >= 0.3 is 0 Å². The number of amides is 1. The quantitative estimate of drug-likeness (QED) is 0.453. The Kier molecular flexibility index (Phi) is 6.61. The van der Waals surface area contributed by atoms with Gasteiger partial charge in [-0.3, -0.25) is 15.0 Å². The first kappa shape index (κ1) is 19.9. The predicted octanol–water partition coefficient (Wildman–Crippen LogP) is 0.751. The first-order valence-electron chi connectivity index (χ1n) is 10.7. The number of carbonyl (C=O) groups is 1. The minimum Gasteiger partial charge on any atom is -0.352 e. The molecular formula is C19H36N6OS. The maximum Gasteiger partial charge on any atom is 0.237 e. The van der Waals surface area contributed by atoms with Crippen LogP contribution in [0.4, 0.5) is 0 Å². The Morgan fingerprint density at radius 1 is 1.22 bits per heavy atom. The second-order valence-electron chi connectivity index (χ2n) is 8.84. The Morgan fingerprint density at radius 2 is 2.07 bits per heavy atom. The minimum atomic E-state index is -0.0218. The molecule has 8 heteroatoms. The maximum atomic E-state index is 12.8. The van der Waals surface area contributed by atoms with E-state index in [0.717, 1.165) is 38.4 Å². The summed E-state index contributed by atoms with van der Waals surface area (Å²) in [7, 11) is 2.14. The largest absolute Gasteiger partial charge is 0.352 e. The summed E-state index contributed by atoms with van der Waals surface area (Å²) < 4.78 is 0. The van der Waals surface area contributed by atoms with Crippen molar-refractivity contribution in [2.24, 2.45) is 11.8 Å². The number of hydrogen-bond donors (Lipinski definition) is 5. The smallest absolute Gasteiger partial charge is 0.237 e. The summed E-state index contributed by atoms with van der Waals surface area (Å²) in [6.07, 6.45) is 8.55. The number of nitrogens with one attached hydrogen (secondary N) is 5. The van der Waals surface area contributed by atoms with Crippen LogP contribution < -0.4 is 26.8 Å². The molecule has 7 nitrogen and oxygen atoms in total. The van der Waals surface area contributed by atoms with Crippen molar-refractivity contribution >= 4 is 17.7 Å². The molecule has 5 N–H and O–H groups in total. The van der Waals surface area contributed by atoms with Gasteiger partial charge in [0.2, 0.25) is 5.91 Å². The molecule has 154 valence electrons. The van der Waals surface area contributed by atoms with E-state index in [2.05, 4.69) is 45.7 Å². The molecule has 2 aliphatic carbocycles. The van der Waals surface area contributed by atoms with Crippen LogP contribution >= 0.6 is 11.8 Å². The number of hydrazine groups is 1. The van der Waals surface area contributed by atoms with Gasteiger partial charge in [-0.15, -0.1) is 11.8 Å². The van der Waals surface area contributed by atoms with E-state index in [0.29, 0.717) is 28.9 Å². The zero-order valence-electron chi connectivity index (χ0n) is 16.7. The molecule has 0 aromatic carbocycles. The van der Waals surface area contributed by atoms with Crippen molar-refractivity contribution in [3.8, 4) is 0 Å². The highest BCUT2D eigenvalue weighted by atomic mass is 32.2. The zero-order chi connectivity index (χ0) is 18.8. The first-order chi connectivity index (χ1) is 13.1. The number of thioether (sulfide) groups is 1. The van der Waals surface area contributed by atoms with Crippen molar-refractivity contribution in [1.82, 2.24) is 31.7 Å². The van der Waals surface area contributed by atoms with E-state index in [9.17, 15) is 4.79 Å². The fourth-order valence-electron chi connectivity index (χ4n) is 4.67. The van der Waals surface area contributed by atoms with Gasteiger partial charge in [-0.2, -0.15) is 0 Å². The lowest BCUT2D eigenvalue weighted by Gasteiger charge is -2.36. The average molecular weight is 397 g/mol. The SMILES string of the molecule is C[C@H](SC1NNCN1C)C1CCCC(NC(=O)C2CCNC(C3CC3)N2)C1. The standard InChI is InChI=1S/C19H36N6OS/c1-12(27-19-24-21-11-25(19)2)14-4-3-5-15(10-14)22-18(26)16-8-9-20-17(23-16)13-6-7-13/h12-17,19-21,23-24H,3-11H2,1-2H3,(H,22,26)/t12-,14?,15?,16?,17?,19?/m0/s1. The third kappa shape index (κ3) is 5.16. The van der Waals surface area contributed by atoms with Gasteiger partial charge in [-0.1, -0.05) is 13.3 Å². The lowest BCUT2D eigenvalue weighted by atomic mass is 9.83. The summed E-state index contributed by atoms with van der Waals surface area (Å²) in [6.45, 7) is 4.18. The van der Waals surface area contributed by atoms with Crippen molar-refractivity contribution in [2.75, 3.05) is 20.3 Å². The highest BCUT2D eigenvalue weighted by molar-refractivity contribution is 8.00. The van der Waals surface area contributed by atoms with E-state index in [1.807, 2.05) is 11.8 Å². The van der Waals surface area contributed by atoms with Crippen molar-refractivity contribution in [1.29, 1.82) is 0 Å². The molecule has 0 aromatic rings. The van der Waals surface area contributed by atoms with Crippen LogP contribution in [0.25, 0.3) is 0 Å². The summed E-state index contributed by atoms with van der Waals surface area (Å²) in [5.74, 6) is 1.62. The van der Waals surface area contributed by atoms with Gasteiger partial charge in [0.15, 0.2) is 0 Å². The molecule has 4 aliphatic rings. The zero-order valence-corrected chi connectivity index (χ0v) is 17.5. The van der Waals surface area contributed by atoms with Crippen LogP contribution in [0.1, 0.15) is 51.9 Å². The molecule has 0 bridgehead atoms. The second-order valence-corrected chi connectivity index (χ2v) is 10.3. The van der Waals surface area contributed by atoms with Crippen molar-refractivity contribution in [3.63, 3.8) is 0 Å². The molecule has 4 fully saturated rings. The van der Waals surface area contributed by atoms with E-state index < -0.39 is 0 Å². The van der Waals surface area contributed by atoms with Crippen LogP contribution in [0, 0.1) is 11.8 Å². The fraction of sp³-hybridized carbons (Fsp3) is 0.947. The molecule has 5 unspecified atom stereocenters. The van der Waals surface area contributed by atoms with Crippen LogP contribution in [-0.4, -0.2) is 60.1 Å². The van der Waals surface area contributed by atoms with E-state index in [-0.39, 0.29) is 11.9 Å². The molecule has 0 aromatic heterocycles. The molecule has 27 heavy (non-hydrogen) atoms. The molecule has 6 atom stereocenters. The third-order valence-corrected chi connectivity index (χ3v) is 8.16. The van der Waals surface area contributed by atoms with Crippen LogP contribution in [0.15, 0.2) is 0 Å². The summed E-state index contributed by atoms with van der Waals surface area (Å²) in [6, 6.07) is 0.314. The molecule has 2 heterocycles. The molecule has 2 aliphatic heterocycles. The molecule has 0 spiro atoms. The monoisotopic (exact) mass is 396 g/mol. The van der Waals surface area contributed by atoms with Gasteiger partial charge in [0.1, 0.15) is 5.50 Å². The minimum absolute atomic E-state index is 0.0218. The third-order valence-electron chi connectivity index (χ3n) is 6.61. The highest BCUT2D eigenvalue weighted by Gasteiger charge is 2.37. The lowest BCUT2D eigenvalue weighted by Crippen LogP contribution is -2.60. The Hall–Kier alpha value is -0.380. The molecular weight excluding hydrogens is 360 g/mol. The van der Waals surface area contributed by atoms with E-state index >= 15 is 0 Å². The van der Waals surface area contributed by atoms with Crippen LogP contribution in [0.3, 0.4) is 0 Å². The van der Waals surface area contributed by atoms with Crippen LogP contribution in [0.2, 0.25) is 0 Å². The molecule has 2 saturated carbocycles. The fourth-order valence-corrected chi connectivity index (χ4v) is 5.98. The van der Waals surface area contributed by atoms with E-state index in [1.54, 1.807) is 0 Å². The van der Waals surface area contributed by atoms with Gasteiger partial charge < -0.3 is 10.6 Å². The summed E-state index contributed by atoms with van der Waals surface area (Å²) in [5, 5.41) is 11.0. The molecule has 0 radical (unpaired) electrons. The Morgan fingerprint density at radius 3 is 2.81 bits per heavy atom. The Labute approximate surface area is 167 Å². The summed E-state index contributed by atoms with van der Waals surface area (Å²) in [4.78, 5) is 15.1. The van der Waals surface area contributed by atoms with Crippen molar-refractivity contribution in [2.45, 2.75) is 80.9 Å². The summed E-state index contributed by atoms with van der Waals surface area (Å²) in [5.41, 5.74) is 6.88. The van der Waals surface area contributed by atoms with Crippen LogP contribution in [-0.2, 0) is 4.79 Å². The number of hydrogen-bond acceptors (Lipinski definition) is 7. The average Bonchev–Trinajstić information content (AvgIpc) is 3.46.